The zero-order chi connectivity index (χ0) is 17.8. The van der Waals surface area contributed by atoms with Crippen molar-refractivity contribution in [2.75, 3.05) is 0 Å². The molecule has 0 aromatic carbocycles. The maximum absolute atomic E-state index is 10.6. The number of halogens is 5. The third-order valence-electron chi connectivity index (χ3n) is 2.24. The molecule has 0 bridgehead atoms. The van der Waals surface area contributed by atoms with Gasteiger partial charge in [0.2, 0.25) is 0 Å². The molecule has 7 heteroatoms. The van der Waals surface area contributed by atoms with Crippen molar-refractivity contribution in [3.63, 3.8) is 0 Å². The summed E-state index contributed by atoms with van der Waals surface area (Å²) in [5.74, 6) is 1.53. The molecule has 21 heavy (non-hydrogen) atoms. The zero-order valence-corrected chi connectivity index (χ0v) is 24.6. The third-order valence-corrected chi connectivity index (χ3v) is 2.24. The molecule has 1 atom stereocenters. The van der Waals surface area contributed by atoms with Gasteiger partial charge in [0.15, 0.2) is 0 Å². The Morgan fingerprint density at radius 3 is 1.52 bits per heavy atom. The first-order valence-corrected chi connectivity index (χ1v) is 25.8. The summed E-state index contributed by atoms with van der Waals surface area (Å²) in [6.07, 6.45) is 3.19. The minimum atomic E-state index is -0.0741. The van der Waals surface area contributed by atoms with Crippen LogP contribution in [0.3, 0.4) is 0 Å². The molecule has 0 aromatic heterocycles. The van der Waals surface area contributed by atoms with Gasteiger partial charge in [0.1, 0.15) is 5.78 Å². The summed E-state index contributed by atoms with van der Waals surface area (Å²) in [4.78, 5) is 10.6. The molecule has 0 saturated carbocycles. The van der Waals surface area contributed by atoms with Crippen molar-refractivity contribution >= 4 is 80.2 Å². The number of carbonyl (C=O) groups is 1. The van der Waals surface area contributed by atoms with E-state index < -0.39 is 0 Å². The fraction of sp³-hybridized carbons (Fsp3) is 0.929. The van der Waals surface area contributed by atoms with Crippen molar-refractivity contribution in [1.82, 2.24) is 0 Å². The van der Waals surface area contributed by atoms with Gasteiger partial charge in [0.25, 0.3) is 0 Å². The number of aliphatic hydroxyl groups is 1. The molecule has 0 amide bonds. The average molecular weight is 865 g/mol. The molecule has 1 N–H and O–H groups in total. The fourth-order valence-electron chi connectivity index (χ4n) is 1.31. The van der Waals surface area contributed by atoms with Crippen LogP contribution in [-0.4, -0.2) is 17.0 Å². The predicted octanol–water partition coefficient (Wildman–Crippen LogP) is 4.36. The third kappa shape index (κ3) is 45.2. The first kappa shape index (κ1) is 32.0. The van der Waals surface area contributed by atoms with Gasteiger partial charge in [0.05, 0.1) is 6.10 Å². The first-order valence-electron chi connectivity index (χ1n) is 6.95. The average Bonchev–Trinajstić information content (AvgIpc) is 2.41. The van der Waals surface area contributed by atoms with Crippen LogP contribution in [0.2, 0.25) is 0 Å². The summed E-state index contributed by atoms with van der Waals surface area (Å²) in [5.41, 5.74) is 0. The van der Waals surface area contributed by atoms with Gasteiger partial charge < -0.3 is 5.11 Å². The molecule has 0 aliphatic heterocycles. The molecule has 0 aliphatic carbocycles. The molecule has 134 valence electrons. The van der Waals surface area contributed by atoms with Crippen LogP contribution in [0.15, 0.2) is 0 Å². The molecule has 0 spiro atoms. The molecule has 0 radical (unpaired) electrons. The number of aliphatic hydroxyl groups excluding tert-OH is 1. The molecule has 1 unspecified atom stereocenters. The standard InChI is InChI=1S/C7H16O.C7H14O.I3.I2/c2*1-4-7(8)5-6(2)3;1-3-2;1-2/h6-8H,4-5H2,1-3H3;6H,4-5H2,1-3H3;;/q;;-1;. The Kier molecular flexibility index (Phi) is 42.8. The van der Waals surface area contributed by atoms with Crippen molar-refractivity contribution in [2.45, 2.75) is 73.3 Å². The van der Waals surface area contributed by atoms with Gasteiger partial charge in [-0.2, -0.15) is 0 Å². The van der Waals surface area contributed by atoms with Crippen LogP contribution in [-0.2, 0) is 4.79 Å². The van der Waals surface area contributed by atoms with Gasteiger partial charge in [-0.25, -0.2) is 0 Å². The molecule has 0 aliphatic rings. The maximum atomic E-state index is 10.6. The van der Waals surface area contributed by atoms with E-state index in [1.54, 1.807) is 0 Å². The van der Waals surface area contributed by atoms with Crippen LogP contribution >= 0.6 is 74.5 Å². The van der Waals surface area contributed by atoms with Gasteiger partial charge in [-0.3, -0.25) is 4.79 Å². The molecule has 0 saturated heterocycles. The first-order chi connectivity index (χ1) is 9.74. The van der Waals surface area contributed by atoms with Crippen LogP contribution in [0.5, 0.6) is 0 Å². The van der Waals surface area contributed by atoms with E-state index in [1.165, 1.54) is 0 Å². The molecule has 0 fully saturated rings. The predicted molar refractivity (Wildman–Crippen MR) is 127 cm³/mol. The Balaban J connectivity index is -0.000000105. The van der Waals surface area contributed by atoms with Gasteiger partial charge in [-0.05, 0) is 24.7 Å². The van der Waals surface area contributed by atoms with E-state index in [9.17, 15) is 4.79 Å². The Hall–Kier alpha value is 3.28. The van der Waals surface area contributed by atoms with Crippen molar-refractivity contribution in [2.24, 2.45) is 11.8 Å². The second-order valence-electron chi connectivity index (χ2n) is 5.24. The Labute approximate surface area is 185 Å². The number of hydrogen-bond acceptors (Lipinski definition) is 2. The van der Waals surface area contributed by atoms with Crippen LogP contribution < -0.4 is 13.3 Å². The second-order valence-corrected chi connectivity index (χ2v) is 21.5. The quantitative estimate of drug-likeness (QED) is 0.404. The normalized spacial score (nSPS) is 10.7. The number of carbonyl (C=O) groups excluding carboxylic acids is 1. The minimum absolute atomic E-state index is 0.0741. The molecular weight excluding hydrogens is 835 g/mol. The van der Waals surface area contributed by atoms with Crippen molar-refractivity contribution in [3.8, 4) is 0 Å². The van der Waals surface area contributed by atoms with Crippen LogP contribution in [0.1, 0.15) is 67.2 Å². The summed E-state index contributed by atoms with van der Waals surface area (Å²) in [6, 6.07) is 0. The number of rotatable bonds is 6. The van der Waals surface area contributed by atoms with Gasteiger partial charge in [0, 0.05) is 50.1 Å². The summed E-state index contributed by atoms with van der Waals surface area (Å²) in [7, 11) is 0. The topological polar surface area (TPSA) is 37.3 Å². The number of hydrogen-bond donors (Lipinski definition) is 1. The van der Waals surface area contributed by atoms with Crippen LogP contribution in [0.4, 0.5) is 0 Å². The van der Waals surface area contributed by atoms with E-state index in [4.69, 9.17) is 5.11 Å². The Bertz CT molecular complexity index is 190. The van der Waals surface area contributed by atoms with Crippen molar-refractivity contribution in [1.29, 1.82) is 0 Å². The van der Waals surface area contributed by atoms with Crippen LogP contribution in [0, 0.1) is 11.8 Å². The number of Topliss-reactive ketones (excluding diaryl/α,β-unsaturated/α-hetero) is 1. The number of ketones is 1. The Morgan fingerprint density at radius 2 is 1.43 bits per heavy atom. The summed E-state index contributed by atoms with van der Waals surface area (Å²) in [5, 5.41) is 9.03. The van der Waals surface area contributed by atoms with Gasteiger partial charge in [-0.15, -0.1) is 0 Å². The Morgan fingerprint density at radius 1 is 1.05 bits per heavy atom. The van der Waals surface area contributed by atoms with E-state index in [2.05, 4.69) is 102 Å². The van der Waals surface area contributed by atoms with Crippen LogP contribution in [0.25, 0.3) is 0 Å². The summed E-state index contributed by atoms with van der Waals surface area (Å²) < 4.78 is 0. The monoisotopic (exact) mass is 865 g/mol. The molecule has 0 rings (SSSR count). The van der Waals surface area contributed by atoms with Crippen molar-refractivity contribution in [3.05, 3.63) is 0 Å². The summed E-state index contributed by atoms with van der Waals surface area (Å²) in [6.45, 7) is 12.3. The molecule has 0 heterocycles. The second kappa shape index (κ2) is 28.1. The van der Waals surface area contributed by atoms with Crippen molar-refractivity contribution < 1.29 is 23.2 Å². The molecule has 0 aromatic rings. The van der Waals surface area contributed by atoms with E-state index in [0.29, 0.717) is 37.3 Å². The fourth-order valence-corrected chi connectivity index (χ4v) is 1.31. The van der Waals surface area contributed by atoms with E-state index in [-0.39, 0.29) is 6.10 Å². The summed E-state index contributed by atoms with van der Waals surface area (Å²) >= 11 is 9.54. The molecule has 2 nitrogen and oxygen atoms in total. The van der Waals surface area contributed by atoms with E-state index >= 15 is 0 Å². The SMILES string of the molecule is CCC(=O)CC(C)C.CCC(O)CC(C)C.II.I[I-]I. The van der Waals surface area contributed by atoms with E-state index in [1.807, 2.05) is 13.8 Å². The zero-order valence-electron chi connectivity index (χ0n) is 13.8. The van der Waals surface area contributed by atoms with Gasteiger partial charge >= 0.3 is 50.5 Å². The van der Waals surface area contributed by atoms with E-state index in [0.717, 1.165) is 19.3 Å². The molecular formula is C14H30I5O2-. The van der Waals surface area contributed by atoms with Gasteiger partial charge in [-0.1, -0.05) is 41.5 Å².